The molecule has 2 aliphatic heterocycles. The molecule has 2 rings (SSSR count). The number of hydrogen-bond acceptors (Lipinski definition) is 3. The Kier molecular flexibility index (Phi) is 3.82. The molecule has 92 valence electrons. The van der Waals surface area contributed by atoms with E-state index in [1.807, 2.05) is 0 Å². The van der Waals surface area contributed by atoms with Gasteiger partial charge in [-0.1, -0.05) is 0 Å². The van der Waals surface area contributed by atoms with Crippen molar-refractivity contribution in [3.8, 4) is 0 Å². The summed E-state index contributed by atoms with van der Waals surface area (Å²) in [6.45, 7) is 9.15. The van der Waals surface area contributed by atoms with Crippen LogP contribution in [0.5, 0.6) is 0 Å². The van der Waals surface area contributed by atoms with Gasteiger partial charge in [0.2, 0.25) is 5.91 Å². The minimum atomic E-state index is 0.286. The number of hydrogen-bond donors (Lipinski definition) is 1. The number of piperazine rings is 1. The SMILES string of the molecule is CC(C)N1CCC(N2CCNCC2=O)CC1. The van der Waals surface area contributed by atoms with Gasteiger partial charge < -0.3 is 15.1 Å². The van der Waals surface area contributed by atoms with Crippen LogP contribution in [0.1, 0.15) is 26.7 Å². The van der Waals surface area contributed by atoms with Crippen LogP contribution < -0.4 is 5.32 Å². The average molecular weight is 225 g/mol. The van der Waals surface area contributed by atoms with Crippen LogP contribution in [0.25, 0.3) is 0 Å². The summed E-state index contributed by atoms with van der Waals surface area (Å²) in [7, 11) is 0. The molecule has 2 heterocycles. The Morgan fingerprint density at radius 3 is 2.50 bits per heavy atom. The minimum Gasteiger partial charge on any atom is -0.337 e. The fraction of sp³-hybridized carbons (Fsp3) is 0.917. The molecule has 2 fully saturated rings. The average Bonchev–Trinajstić information content (AvgIpc) is 2.30. The van der Waals surface area contributed by atoms with Gasteiger partial charge in [-0.15, -0.1) is 0 Å². The van der Waals surface area contributed by atoms with Crippen LogP contribution in [0.2, 0.25) is 0 Å². The van der Waals surface area contributed by atoms with Crippen LogP contribution in [0.3, 0.4) is 0 Å². The molecule has 0 radical (unpaired) electrons. The number of nitrogens with one attached hydrogen (secondary N) is 1. The van der Waals surface area contributed by atoms with Crippen LogP contribution in [-0.4, -0.2) is 60.5 Å². The third-order valence-electron chi connectivity index (χ3n) is 3.80. The summed E-state index contributed by atoms with van der Waals surface area (Å²) >= 11 is 0. The summed E-state index contributed by atoms with van der Waals surface area (Å²) in [5.74, 6) is 0.286. The van der Waals surface area contributed by atoms with Crippen LogP contribution in [-0.2, 0) is 4.79 Å². The van der Waals surface area contributed by atoms with Crippen molar-refractivity contribution in [1.29, 1.82) is 0 Å². The van der Waals surface area contributed by atoms with Gasteiger partial charge in [0, 0.05) is 38.3 Å². The van der Waals surface area contributed by atoms with Crippen LogP contribution in [0.15, 0.2) is 0 Å². The van der Waals surface area contributed by atoms with Crippen LogP contribution in [0, 0.1) is 0 Å². The number of likely N-dealkylation sites (tertiary alicyclic amines) is 1. The van der Waals surface area contributed by atoms with E-state index in [-0.39, 0.29) is 5.91 Å². The van der Waals surface area contributed by atoms with Gasteiger partial charge in [0.1, 0.15) is 0 Å². The highest BCUT2D eigenvalue weighted by atomic mass is 16.2. The highest BCUT2D eigenvalue weighted by molar-refractivity contribution is 5.79. The second-order valence-electron chi connectivity index (χ2n) is 5.12. The van der Waals surface area contributed by atoms with E-state index in [9.17, 15) is 4.79 Å². The first-order valence-electron chi connectivity index (χ1n) is 6.42. The van der Waals surface area contributed by atoms with Crippen molar-refractivity contribution in [1.82, 2.24) is 15.1 Å². The van der Waals surface area contributed by atoms with Crippen molar-refractivity contribution in [3.63, 3.8) is 0 Å². The molecule has 0 aromatic heterocycles. The number of amides is 1. The number of rotatable bonds is 2. The van der Waals surface area contributed by atoms with Crippen molar-refractivity contribution in [3.05, 3.63) is 0 Å². The van der Waals surface area contributed by atoms with E-state index in [0.717, 1.165) is 39.0 Å². The predicted molar refractivity (Wildman–Crippen MR) is 64.3 cm³/mol. The lowest BCUT2D eigenvalue weighted by Crippen LogP contribution is -2.55. The lowest BCUT2D eigenvalue weighted by Gasteiger charge is -2.41. The molecule has 0 aliphatic carbocycles. The Hall–Kier alpha value is -0.610. The molecular formula is C12H23N3O. The molecule has 0 aromatic rings. The highest BCUT2D eigenvalue weighted by Gasteiger charge is 2.29. The van der Waals surface area contributed by atoms with Gasteiger partial charge in [-0.25, -0.2) is 0 Å². The smallest absolute Gasteiger partial charge is 0.236 e. The lowest BCUT2D eigenvalue weighted by atomic mass is 10.0. The van der Waals surface area contributed by atoms with E-state index < -0.39 is 0 Å². The Labute approximate surface area is 98.0 Å². The van der Waals surface area contributed by atoms with Crippen LogP contribution in [0.4, 0.5) is 0 Å². The molecule has 2 saturated heterocycles. The van der Waals surface area contributed by atoms with E-state index in [1.165, 1.54) is 0 Å². The number of carbonyl (C=O) groups is 1. The van der Waals surface area contributed by atoms with Crippen molar-refractivity contribution < 1.29 is 4.79 Å². The third-order valence-corrected chi connectivity index (χ3v) is 3.80. The van der Waals surface area contributed by atoms with Gasteiger partial charge in [-0.05, 0) is 26.7 Å². The maximum atomic E-state index is 11.8. The summed E-state index contributed by atoms with van der Waals surface area (Å²) in [4.78, 5) is 16.4. The number of nitrogens with zero attached hydrogens (tertiary/aromatic N) is 2. The van der Waals surface area contributed by atoms with Crippen molar-refractivity contribution >= 4 is 5.91 Å². The Balaban J connectivity index is 1.86. The fourth-order valence-corrected chi connectivity index (χ4v) is 2.72. The molecule has 0 bridgehead atoms. The maximum absolute atomic E-state index is 11.8. The maximum Gasteiger partial charge on any atom is 0.236 e. The summed E-state index contributed by atoms with van der Waals surface area (Å²) in [5, 5.41) is 3.13. The summed E-state index contributed by atoms with van der Waals surface area (Å²) < 4.78 is 0. The molecule has 0 atom stereocenters. The molecule has 0 aromatic carbocycles. The van der Waals surface area contributed by atoms with E-state index in [0.29, 0.717) is 18.6 Å². The molecule has 1 amide bonds. The van der Waals surface area contributed by atoms with Crippen molar-refractivity contribution in [2.75, 3.05) is 32.7 Å². The van der Waals surface area contributed by atoms with Gasteiger partial charge in [0.15, 0.2) is 0 Å². The van der Waals surface area contributed by atoms with Crippen molar-refractivity contribution in [2.24, 2.45) is 0 Å². The van der Waals surface area contributed by atoms with Gasteiger partial charge in [0.05, 0.1) is 6.54 Å². The minimum absolute atomic E-state index is 0.286. The summed E-state index contributed by atoms with van der Waals surface area (Å²) in [5.41, 5.74) is 0. The highest BCUT2D eigenvalue weighted by Crippen LogP contribution is 2.18. The summed E-state index contributed by atoms with van der Waals surface area (Å²) in [6, 6.07) is 1.13. The first-order valence-corrected chi connectivity index (χ1v) is 6.42. The standard InChI is InChI=1S/C12H23N3O/c1-10(2)14-6-3-11(4-7-14)15-8-5-13-9-12(15)16/h10-11,13H,3-9H2,1-2H3. The third kappa shape index (κ3) is 2.55. The molecule has 4 nitrogen and oxygen atoms in total. The second kappa shape index (κ2) is 5.15. The molecule has 16 heavy (non-hydrogen) atoms. The van der Waals surface area contributed by atoms with E-state index in [4.69, 9.17) is 0 Å². The first kappa shape index (κ1) is 11.9. The zero-order chi connectivity index (χ0) is 11.5. The first-order chi connectivity index (χ1) is 7.68. The molecule has 0 spiro atoms. The zero-order valence-corrected chi connectivity index (χ0v) is 10.4. The van der Waals surface area contributed by atoms with Crippen molar-refractivity contribution in [2.45, 2.75) is 38.8 Å². The zero-order valence-electron chi connectivity index (χ0n) is 10.4. The molecule has 0 unspecified atom stereocenters. The topological polar surface area (TPSA) is 35.6 Å². The van der Waals surface area contributed by atoms with E-state index in [2.05, 4.69) is 29.0 Å². The lowest BCUT2D eigenvalue weighted by molar-refractivity contribution is -0.135. The fourth-order valence-electron chi connectivity index (χ4n) is 2.72. The monoisotopic (exact) mass is 225 g/mol. The van der Waals surface area contributed by atoms with Gasteiger partial charge in [0.25, 0.3) is 0 Å². The largest absolute Gasteiger partial charge is 0.337 e. The molecule has 2 aliphatic rings. The Bertz CT molecular complexity index is 247. The molecule has 0 saturated carbocycles. The van der Waals surface area contributed by atoms with Gasteiger partial charge >= 0.3 is 0 Å². The normalized spacial score (nSPS) is 25.4. The van der Waals surface area contributed by atoms with Gasteiger partial charge in [-0.3, -0.25) is 4.79 Å². The van der Waals surface area contributed by atoms with Gasteiger partial charge in [-0.2, -0.15) is 0 Å². The second-order valence-corrected chi connectivity index (χ2v) is 5.12. The quantitative estimate of drug-likeness (QED) is 0.734. The molecular weight excluding hydrogens is 202 g/mol. The Morgan fingerprint density at radius 2 is 1.94 bits per heavy atom. The number of carbonyl (C=O) groups excluding carboxylic acids is 1. The molecule has 1 N–H and O–H groups in total. The summed E-state index contributed by atoms with van der Waals surface area (Å²) in [6.07, 6.45) is 2.29. The predicted octanol–water partition coefficient (Wildman–Crippen LogP) is 0.291. The van der Waals surface area contributed by atoms with E-state index >= 15 is 0 Å². The van der Waals surface area contributed by atoms with Crippen LogP contribution >= 0.6 is 0 Å². The van der Waals surface area contributed by atoms with E-state index in [1.54, 1.807) is 0 Å². The Morgan fingerprint density at radius 1 is 1.25 bits per heavy atom. The number of piperidine rings is 1. The molecule has 4 heteroatoms.